The van der Waals surface area contributed by atoms with E-state index in [1.54, 1.807) is 42.6 Å². The molecule has 1 amide bonds. The average Bonchev–Trinajstić information content (AvgIpc) is 3.34. The quantitative estimate of drug-likeness (QED) is 0.381. The van der Waals surface area contributed by atoms with Crippen LogP contribution in [-0.2, 0) is 13.2 Å². The summed E-state index contributed by atoms with van der Waals surface area (Å²) in [5.74, 6) is 0.0803. The van der Waals surface area contributed by atoms with E-state index in [2.05, 4.69) is 31.6 Å². The van der Waals surface area contributed by atoms with Crippen molar-refractivity contribution in [3.8, 4) is 28.1 Å². The van der Waals surface area contributed by atoms with Crippen LogP contribution in [0.3, 0.4) is 0 Å². The number of aromatic nitrogens is 4. The Balaban J connectivity index is 1.52. The first-order chi connectivity index (χ1) is 17.0. The number of carbonyl (C=O) groups is 1. The highest BCUT2D eigenvalue weighted by atomic mass is 32.1. The van der Waals surface area contributed by atoms with E-state index >= 15 is 0 Å². The molecule has 0 unspecified atom stereocenters. The molecule has 3 aromatic heterocycles. The molecule has 176 valence electrons. The van der Waals surface area contributed by atoms with Crippen molar-refractivity contribution in [3.05, 3.63) is 76.9 Å². The molecule has 11 heteroatoms. The summed E-state index contributed by atoms with van der Waals surface area (Å²) >= 11 is 1.07. The van der Waals surface area contributed by atoms with Gasteiger partial charge < -0.3 is 14.6 Å². The van der Waals surface area contributed by atoms with E-state index in [4.69, 9.17) is 14.6 Å². The van der Waals surface area contributed by atoms with Gasteiger partial charge in [-0.05, 0) is 54.2 Å². The Kier molecular flexibility index (Phi) is 7.25. The fourth-order valence-electron chi connectivity index (χ4n) is 3.20. The number of pyridine rings is 2. The number of benzene rings is 1. The molecule has 0 aliphatic heterocycles. The van der Waals surface area contributed by atoms with Crippen molar-refractivity contribution in [1.29, 1.82) is 5.26 Å². The number of hydrogen-bond donors (Lipinski definition) is 2. The highest BCUT2D eigenvalue weighted by Gasteiger charge is 2.19. The zero-order chi connectivity index (χ0) is 24.8. The first-order valence-electron chi connectivity index (χ1n) is 10.4. The maximum Gasteiger partial charge on any atom is 0.296 e. The number of carbonyl (C=O) groups excluding carboxylic acids is 1. The number of amides is 1. The van der Waals surface area contributed by atoms with Crippen LogP contribution >= 0.6 is 11.3 Å². The fourth-order valence-corrected chi connectivity index (χ4v) is 3.79. The van der Waals surface area contributed by atoms with Gasteiger partial charge in [0, 0.05) is 29.2 Å². The summed E-state index contributed by atoms with van der Waals surface area (Å²) in [7, 11) is 1.53. The molecular formula is C24H20N6O4S. The van der Waals surface area contributed by atoms with Crippen LogP contribution in [0.2, 0.25) is 0 Å². The third kappa shape index (κ3) is 5.57. The second kappa shape index (κ2) is 10.7. The van der Waals surface area contributed by atoms with Gasteiger partial charge >= 0.3 is 0 Å². The minimum Gasteiger partial charge on any atom is -0.496 e. The molecule has 3 heterocycles. The second-order valence-corrected chi connectivity index (χ2v) is 8.27. The summed E-state index contributed by atoms with van der Waals surface area (Å²) in [5, 5.41) is 29.6. The number of hydrogen-bond acceptors (Lipinski definition) is 10. The smallest absolute Gasteiger partial charge is 0.296 e. The summed E-state index contributed by atoms with van der Waals surface area (Å²) in [4.78, 5) is 21.6. The standard InChI is InChI=1S/C24H20N6O4S/c1-14-7-18(19-8-15(9-25)4-6-21(19)33-2)20(11-26-14)22(32)28-23-29-30-24(35-23)34-13-17-5-3-16(12-31)10-27-17/h3-8,10-11,31H,12-13H2,1-2H3,(H,28,29,32). The number of aryl methyl sites for hydroxylation is 1. The lowest BCUT2D eigenvalue weighted by atomic mass is 9.97. The number of aliphatic hydroxyl groups is 1. The third-order valence-electron chi connectivity index (χ3n) is 4.94. The van der Waals surface area contributed by atoms with Crippen LogP contribution in [0.4, 0.5) is 5.13 Å². The van der Waals surface area contributed by atoms with E-state index in [1.165, 1.54) is 13.3 Å². The minimum atomic E-state index is -0.444. The first kappa shape index (κ1) is 23.7. The van der Waals surface area contributed by atoms with Crippen LogP contribution in [0.5, 0.6) is 10.9 Å². The normalized spacial score (nSPS) is 10.5. The van der Waals surface area contributed by atoms with Crippen LogP contribution in [-0.4, -0.2) is 38.3 Å². The number of nitrogens with one attached hydrogen (secondary N) is 1. The monoisotopic (exact) mass is 488 g/mol. The second-order valence-electron chi connectivity index (χ2n) is 7.33. The molecule has 35 heavy (non-hydrogen) atoms. The van der Waals surface area contributed by atoms with Gasteiger partial charge in [-0.2, -0.15) is 5.26 Å². The Morgan fingerprint density at radius 1 is 1.14 bits per heavy atom. The van der Waals surface area contributed by atoms with Gasteiger partial charge in [0.2, 0.25) is 5.13 Å². The predicted octanol–water partition coefficient (Wildman–Crippen LogP) is 3.51. The molecule has 0 atom stereocenters. The number of nitriles is 1. The molecule has 2 N–H and O–H groups in total. The number of rotatable bonds is 8. The van der Waals surface area contributed by atoms with Gasteiger partial charge in [-0.3, -0.25) is 20.1 Å². The van der Waals surface area contributed by atoms with Gasteiger partial charge in [-0.15, -0.1) is 5.10 Å². The largest absolute Gasteiger partial charge is 0.496 e. The molecule has 0 radical (unpaired) electrons. The Bertz CT molecular complexity index is 1400. The number of nitrogens with zero attached hydrogens (tertiary/aromatic N) is 5. The zero-order valence-electron chi connectivity index (χ0n) is 18.8. The van der Waals surface area contributed by atoms with Crippen molar-refractivity contribution in [2.75, 3.05) is 12.4 Å². The van der Waals surface area contributed by atoms with E-state index in [-0.39, 0.29) is 29.1 Å². The van der Waals surface area contributed by atoms with Crippen LogP contribution in [0.25, 0.3) is 11.1 Å². The number of ether oxygens (including phenoxy) is 2. The number of methoxy groups -OCH3 is 1. The van der Waals surface area contributed by atoms with Gasteiger partial charge in [0.05, 0.1) is 36.6 Å². The summed E-state index contributed by atoms with van der Waals surface area (Å²) in [5.41, 5.74) is 3.96. The van der Waals surface area contributed by atoms with E-state index in [0.717, 1.165) is 11.3 Å². The Morgan fingerprint density at radius 2 is 2.00 bits per heavy atom. The molecular weight excluding hydrogens is 468 g/mol. The van der Waals surface area contributed by atoms with Crippen LogP contribution in [0, 0.1) is 18.3 Å². The van der Waals surface area contributed by atoms with Crippen molar-refractivity contribution >= 4 is 22.4 Å². The molecule has 0 spiro atoms. The van der Waals surface area contributed by atoms with Crippen molar-refractivity contribution < 1.29 is 19.4 Å². The maximum atomic E-state index is 13.1. The molecule has 4 rings (SSSR count). The summed E-state index contributed by atoms with van der Waals surface area (Å²) < 4.78 is 11.1. The van der Waals surface area contributed by atoms with Crippen molar-refractivity contribution in [3.63, 3.8) is 0 Å². The van der Waals surface area contributed by atoms with Gasteiger partial charge in [0.1, 0.15) is 12.4 Å². The van der Waals surface area contributed by atoms with Crippen molar-refractivity contribution in [2.24, 2.45) is 0 Å². The van der Waals surface area contributed by atoms with E-state index in [1.807, 2.05) is 6.92 Å². The minimum absolute atomic E-state index is 0.0810. The summed E-state index contributed by atoms with van der Waals surface area (Å²) in [6.45, 7) is 1.89. The summed E-state index contributed by atoms with van der Waals surface area (Å²) in [6.07, 6.45) is 3.04. The van der Waals surface area contributed by atoms with E-state index in [9.17, 15) is 10.1 Å². The molecule has 0 aliphatic rings. The Hall–Kier alpha value is -4.40. The van der Waals surface area contributed by atoms with E-state index in [0.29, 0.717) is 39.4 Å². The van der Waals surface area contributed by atoms with Gasteiger partial charge in [0.15, 0.2) is 0 Å². The Labute approximate surface area is 204 Å². The number of aliphatic hydroxyl groups excluding tert-OH is 1. The van der Waals surface area contributed by atoms with Crippen LogP contribution < -0.4 is 14.8 Å². The Morgan fingerprint density at radius 3 is 2.71 bits per heavy atom. The SMILES string of the molecule is COc1ccc(C#N)cc1-c1cc(C)ncc1C(=O)Nc1nnc(OCc2ccc(CO)cn2)s1. The van der Waals surface area contributed by atoms with Gasteiger partial charge in [0.25, 0.3) is 11.1 Å². The summed E-state index contributed by atoms with van der Waals surface area (Å²) in [6, 6.07) is 12.4. The van der Waals surface area contributed by atoms with Crippen molar-refractivity contribution in [1.82, 2.24) is 20.2 Å². The van der Waals surface area contributed by atoms with E-state index < -0.39 is 5.91 Å². The zero-order valence-corrected chi connectivity index (χ0v) is 19.7. The molecule has 0 aliphatic carbocycles. The lowest BCUT2D eigenvalue weighted by Crippen LogP contribution is -2.14. The molecule has 0 fully saturated rings. The van der Waals surface area contributed by atoms with Gasteiger partial charge in [-0.25, -0.2) is 0 Å². The predicted molar refractivity (Wildman–Crippen MR) is 128 cm³/mol. The maximum absolute atomic E-state index is 13.1. The van der Waals surface area contributed by atoms with Crippen molar-refractivity contribution in [2.45, 2.75) is 20.1 Å². The highest BCUT2D eigenvalue weighted by molar-refractivity contribution is 7.17. The molecule has 0 saturated heterocycles. The highest BCUT2D eigenvalue weighted by Crippen LogP contribution is 2.34. The number of anilines is 1. The van der Waals surface area contributed by atoms with Crippen LogP contribution in [0.1, 0.15) is 32.9 Å². The first-order valence-corrected chi connectivity index (χ1v) is 11.2. The molecule has 10 nitrogen and oxygen atoms in total. The molecule has 0 saturated carbocycles. The fraction of sp³-hybridized carbons (Fsp3) is 0.167. The van der Waals surface area contributed by atoms with Gasteiger partial charge in [-0.1, -0.05) is 11.2 Å². The molecule has 4 aromatic rings. The average molecular weight is 489 g/mol. The third-order valence-corrected chi connectivity index (χ3v) is 5.69. The van der Waals surface area contributed by atoms with Crippen LogP contribution in [0.15, 0.2) is 48.8 Å². The lowest BCUT2D eigenvalue weighted by Gasteiger charge is -2.13. The lowest BCUT2D eigenvalue weighted by molar-refractivity contribution is 0.102. The molecule has 0 bridgehead atoms. The topological polar surface area (TPSA) is 143 Å². The molecule has 1 aromatic carbocycles.